The lowest BCUT2D eigenvalue weighted by Crippen LogP contribution is -2.18. The Morgan fingerprint density at radius 2 is 2.09 bits per heavy atom. The molecule has 0 aliphatic rings. The zero-order valence-corrected chi connectivity index (χ0v) is 12.7. The first-order valence-corrected chi connectivity index (χ1v) is 7.28. The van der Waals surface area contributed by atoms with Crippen LogP contribution in [0.5, 0.6) is 0 Å². The van der Waals surface area contributed by atoms with E-state index in [1.165, 1.54) is 0 Å². The van der Waals surface area contributed by atoms with Gasteiger partial charge in [-0.1, -0.05) is 6.92 Å². The molecule has 22 heavy (non-hydrogen) atoms. The van der Waals surface area contributed by atoms with E-state index in [1.807, 2.05) is 48.3 Å². The average molecular weight is 297 g/mol. The zero-order valence-electron chi connectivity index (χ0n) is 12.7. The maximum Gasteiger partial charge on any atom is 0.175 e. The Labute approximate surface area is 129 Å². The molecule has 0 aromatic carbocycles. The Balaban J connectivity index is 1.55. The largest absolute Gasteiger partial charge is 0.368 e. The molecule has 1 N–H and O–H groups in total. The SMILES string of the molecule is Cc1ccn(-c2ccc(NC[C@@H](C)Cn3cccn3)nn2)n1. The van der Waals surface area contributed by atoms with E-state index in [9.17, 15) is 0 Å². The van der Waals surface area contributed by atoms with Crippen LogP contribution in [-0.2, 0) is 6.54 Å². The van der Waals surface area contributed by atoms with Crippen LogP contribution in [0.3, 0.4) is 0 Å². The van der Waals surface area contributed by atoms with E-state index in [2.05, 4.69) is 32.6 Å². The van der Waals surface area contributed by atoms with Gasteiger partial charge in [-0.15, -0.1) is 10.2 Å². The average Bonchev–Trinajstić information content (AvgIpc) is 3.17. The highest BCUT2D eigenvalue weighted by molar-refractivity contribution is 5.36. The number of anilines is 1. The van der Waals surface area contributed by atoms with Crippen LogP contribution in [0.2, 0.25) is 0 Å². The molecule has 3 aromatic heterocycles. The fourth-order valence-electron chi connectivity index (χ4n) is 2.16. The third kappa shape index (κ3) is 3.49. The molecule has 0 fully saturated rings. The minimum absolute atomic E-state index is 0.440. The number of aromatic nitrogens is 6. The van der Waals surface area contributed by atoms with Crippen LogP contribution in [0.4, 0.5) is 5.82 Å². The van der Waals surface area contributed by atoms with Crippen molar-refractivity contribution in [2.75, 3.05) is 11.9 Å². The molecule has 3 aromatic rings. The summed E-state index contributed by atoms with van der Waals surface area (Å²) in [5, 5.41) is 20.2. The fourth-order valence-corrected chi connectivity index (χ4v) is 2.16. The molecule has 0 saturated heterocycles. The first-order chi connectivity index (χ1) is 10.7. The van der Waals surface area contributed by atoms with Gasteiger partial charge in [0.05, 0.1) is 5.69 Å². The standard InChI is InChI=1S/C15H19N7/c1-12(11-21-8-3-7-17-21)10-16-14-4-5-15(19-18-14)22-9-6-13(2)20-22/h3-9,12H,10-11H2,1-2H3,(H,16,18)/t12-/m1/s1. The number of nitrogens with zero attached hydrogens (tertiary/aromatic N) is 6. The highest BCUT2D eigenvalue weighted by atomic mass is 15.3. The summed E-state index contributed by atoms with van der Waals surface area (Å²) < 4.78 is 3.65. The second kappa shape index (κ2) is 6.38. The fraction of sp³-hybridized carbons (Fsp3) is 0.333. The summed E-state index contributed by atoms with van der Waals surface area (Å²) in [5.74, 6) is 1.92. The van der Waals surface area contributed by atoms with Gasteiger partial charge in [0.2, 0.25) is 0 Å². The van der Waals surface area contributed by atoms with E-state index >= 15 is 0 Å². The number of rotatable bonds is 6. The highest BCUT2D eigenvalue weighted by Gasteiger charge is 2.05. The molecule has 0 radical (unpaired) electrons. The van der Waals surface area contributed by atoms with Crippen molar-refractivity contribution in [2.45, 2.75) is 20.4 Å². The van der Waals surface area contributed by atoms with Gasteiger partial charge in [-0.25, -0.2) is 4.68 Å². The van der Waals surface area contributed by atoms with E-state index in [0.29, 0.717) is 11.7 Å². The van der Waals surface area contributed by atoms with Crippen LogP contribution in [0.1, 0.15) is 12.6 Å². The van der Waals surface area contributed by atoms with Crippen LogP contribution in [0, 0.1) is 12.8 Å². The van der Waals surface area contributed by atoms with Crippen molar-refractivity contribution in [3.63, 3.8) is 0 Å². The van der Waals surface area contributed by atoms with E-state index in [0.717, 1.165) is 24.6 Å². The molecule has 0 aliphatic carbocycles. The van der Waals surface area contributed by atoms with Gasteiger partial charge in [0.15, 0.2) is 5.82 Å². The zero-order chi connectivity index (χ0) is 15.4. The number of nitrogens with one attached hydrogen (secondary N) is 1. The topological polar surface area (TPSA) is 73.5 Å². The Morgan fingerprint density at radius 1 is 1.18 bits per heavy atom. The van der Waals surface area contributed by atoms with Gasteiger partial charge >= 0.3 is 0 Å². The molecule has 3 heterocycles. The van der Waals surface area contributed by atoms with Crippen molar-refractivity contribution in [1.29, 1.82) is 0 Å². The highest BCUT2D eigenvalue weighted by Crippen LogP contribution is 2.08. The van der Waals surface area contributed by atoms with Crippen LogP contribution < -0.4 is 5.32 Å². The summed E-state index contributed by atoms with van der Waals surface area (Å²) in [7, 11) is 0. The molecule has 0 aliphatic heterocycles. The maximum atomic E-state index is 4.31. The molecule has 0 unspecified atom stereocenters. The molecular weight excluding hydrogens is 278 g/mol. The Bertz CT molecular complexity index is 700. The predicted octanol–water partition coefficient (Wildman–Crippen LogP) is 1.92. The van der Waals surface area contributed by atoms with Gasteiger partial charge in [-0.3, -0.25) is 4.68 Å². The summed E-state index contributed by atoms with van der Waals surface area (Å²) in [4.78, 5) is 0. The minimum atomic E-state index is 0.440. The molecular formula is C15H19N7. The quantitative estimate of drug-likeness (QED) is 0.752. The molecule has 0 spiro atoms. The predicted molar refractivity (Wildman–Crippen MR) is 83.8 cm³/mol. The lowest BCUT2D eigenvalue weighted by Gasteiger charge is -2.13. The second-order valence-corrected chi connectivity index (χ2v) is 5.39. The van der Waals surface area contributed by atoms with Crippen LogP contribution in [0.25, 0.3) is 5.82 Å². The van der Waals surface area contributed by atoms with Crippen LogP contribution in [0.15, 0.2) is 42.9 Å². The number of hydrogen-bond acceptors (Lipinski definition) is 5. The third-order valence-electron chi connectivity index (χ3n) is 3.30. The molecule has 114 valence electrons. The van der Waals surface area contributed by atoms with Gasteiger partial charge in [-0.05, 0) is 37.1 Å². The first kappa shape index (κ1) is 14.2. The summed E-state index contributed by atoms with van der Waals surface area (Å²) in [6, 6.07) is 7.69. The number of hydrogen-bond donors (Lipinski definition) is 1. The van der Waals surface area contributed by atoms with Crippen LogP contribution >= 0.6 is 0 Å². The normalized spacial score (nSPS) is 12.3. The first-order valence-electron chi connectivity index (χ1n) is 7.28. The Morgan fingerprint density at radius 3 is 2.73 bits per heavy atom. The summed E-state index contributed by atoms with van der Waals surface area (Å²) in [6.07, 6.45) is 5.64. The van der Waals surface area contributed by atoms with Crippen molar-refractivity contribution >= 4 is 5.82 Å². The Hall–Kier alpha value is -2.70. The van der Waals surface area contributed by atoms with Gasteiger partial charge < -0.3 is 5.32 Å². The molecule has 0 saturated carbocycles. The van der Waals surface area contributed by atoms with Crippen molar-refractivity contribution < 1.29 is 0 Å². The molecule has 0 bridgehead atoms. The van der Waals surface area contributed by atoms with Crippen molar-refractivity contribution in [3.8, 4) is 5.82 Å². The van der Waals surface area contributed by atoms with Gasteiger partial charge in [0, 0.05) is 31.7 Å². The van der Waals surface area contributed by atoms with Gasteiger partial charge in [0.1, 0.15) is 5.82 Å². The molecule has 1 atom stereocenters. The number of aryl methyl sites for hydroxylation is 1. The smallest absolute Gasteiger partial charge is 0.175 e. The van der Waals surface area contributed by atoms with Crippen molar-refractivity contribution in [1.82, 2.24) is 29.8 Å². The maximum absolute atomic E-state index is 4.31. The van der Waals surface area contributed by atoms with Crippen molar-refractivity contribution in [3.05, 3.63) is 48.5 Å². The van der Waals surface area contributed by atoms with E-state index in [-0.39, 0.29) is 0 Å². The third-order valence-corrected chi connectivity index (χ3v) is 3.30. The lowest BCUT2D eigenvalue weighted by atomic mass is 10.2. The second-order valence-electron chi connectivity index (χ2n) is 5.39. The van der Waals surface area contributed by atoms with E-state index in [4.69, 9.17) is 0 Å². The van der Waals surface area contributed by atoms with Crippen molar-refractivity contribution in [2.24, 2.45) is 5.92 Å². The molecule has 0 amide bonds. The molecule has 7 nitrogen and oxygen atoms in total. The lowest BCUT2D eigenvalue weighted by molar-refractivity contribution is 0.467. The summed E-state index contributed by atoms with van der Waals surface area (Å²) in [6.45, 7) is 5.80. The Kier molecular flexibility index (Phi) is 4.13. The summed E-state index contributed by atoms with van der Waals surface area (Å²) in [5.41, 5.74) is 0.955. The van der Waals surface area contributed by atoms with E-state index in [1.54, 1.807) is 10.9 Å². The van der Waals surface area contributed by atoms with E-state index < -0.39 is 0 Å². The molecule has 7 heteroatoms. The molecule has 3 rings (SSSR count). The van der Waals surface area contributed by atoms with Gasteiger partial charge in [0.25, 0.3) is 0 Å². The monoisotopic (exact) mass is 297 g/mol. The minimum Gasteiger partial charge on any atom is -0.368 e. The van der Waals surface area contributed by atoms with Gasteiger partial charge in [-0.2, -0.15) is 10.2 Å². The van der Waals surface area contributed by atoms with Crippen LogP contribution in [-0.4, -0.2) is 36.3 Å². The summed E-state index contributed by atoms with van der Waals surface area (Å²) >= 11 is 0.